The zero-order chi connectivity index (χ0) is 23.2. The largest absolute Gasteiger partial charge is 0.440 e. The maximum Gasteiger partial charge on any atom is 0.415 e. The van der Waals surface area contributed by atoms with Crippen LogP contribution in [0, 0.1) is 5.92 Å². The second-order valence-electron chi connectivity index (χ2n) is 9.55. The average molecular weight is 478 g/mol. The van der Waals surface area contributed by atoms with Gasteiger partial charge in [-0.05, 0) is 22.6 Å². The van der Waals surface area contributed by atoms with Gasteiger partial charge in [-0.15, -0.1) is 0 Å². The van der Waals surface area contributed by atoms with Crippen LogP contribution in [-0.4, -0.2) is 49.5 Å². The number of amides is 1. The number of carbonyl (C=O) groups is 1. The van der Waals surface area contributed by atoms with Crippen molar-refractivity contribution in [3.8, 4) is 0 Å². The molecule has 34 heavy (non-hydrogen) atoms. The lowest BCUT2D eigenvalue weighted by atomic mass is 9.83. The van der Waals surface area contributed by atoms with Gasteiger partial charge in [0, 0.05) is 24.1 Å². The van der Waals surface area contributed by atoms with Crippen molar-refractivity contribution in [1.82, 2.24) is 0 Å². The van der Waals surface area contributed by atoms with Gasteiger partial charge in [0.25, 0.3) is 0 Å². The van der Waals surface area contributed by atoms with Crippen LogP contribution in [0.1, 0.15) is 24.0 Å². The van der Waals surface area contributed by atoms with Crippen LogP contribution in [0.5, 0.6) is 0 Å². The highest BCUT2D eigenvalue weighted by molar-refractivity contribution is 7.08. The number of hydrogen-bond donors (Lipinski definition) is 0. The number of benzene rings is 2. The minimum absolute atomic E-state index is 0.0268. The van der Waals surface area contributed by atoms with Crippen molar-refractivity contribution in [2.24, 2.45) is 5.92 Å². The zero-order valence-corrected chi connectivity index (χ0v) is 20.4. The van der Waals surface area contributed by atoms with Crippen LogP contribution in [0.15, 0.2) is 77.5 Å². The molecule has 3 saturated heterocycles. The van der Waals surface area contributed by atoms with Gasteiger partial charge >= 0.3 is 6.09 Å². The minimum Gasteiger partial charge on any atom is -0.440 e. The Morgan fingerprint density at radius 1 is 0.971 bits per heavy atom. The molecule has 5 nitrogen and oxygen atoms in total. The van der Waals surface area contributed by atoms with Crippen molar-refractivity contribution in [2.45, 2.75) is 32.1 Å². The molecule has 3 fully saturated rings. The molecule has 6 rings (SSSR count). The number of nitrogens with zero attached hydrogens (tertiary/aromatic N) is 2. The smallest absolute Gasteiger partial charge is 0.415 e. The first-order valence-electron chi connectivity index (χ1n) is 12.2. The Kier molecular flexibility index (Phi) is 7.28. The fraction of sp³-hybridized carbons (Fsp3) is 0.393. The average Bonchev–Trinajstić information content (AvgIpc) is 3.42. The van der Waals surface area contributed by atoms with E-state index < -0.39 is 0 Å². The van der Waals surface area contributed by atoms with E-state index in [4.69, 9.17) is 9.47 Å². The maximum absolute atomic E-state index is 13.4. The molecule has 0 unspecified atom stereocenters. The van der Waals surface area contributed by atoms with Crippen molar-refractivity contribution >= 4 is 23.1 Å². The number of ether oxygens (including phenoxy) is 2. The topological polar surface area (TPSA) is 38.8 Å². The SMILES string of the molecule is O=C(O[C@H]1C[N+]2(CCOCc3ccccc3)CCC1CC2)N(Cc1ccccc1)c1ccsc1. The number of fused-ring (bicyclic) bond motifs is 3. The number of piperidine rings is 3. The van der Waals surface area contributed by atoms with E-state index in [1.807, 2.05) is 53.2 Å². The molecule has 3 aromatic rings. The first-order chi connectivity index (χ1) is 16.7. The van der Waals surface area contributed by atoms with Crippen molar-refractivity contribution in [3.05, 3.63) is 88.6 Å². The van der Waals surface area contributed by atoms with Gasteiger partial charge in [0.2, 0.25) is 0 Å². The van der Waals surface area contributed by atoms with E-state index in [0.29, 0.717) is 19.1 Å². The molecule has 1 atom stereocenters. The molecule has 0 N–H and O–H groups in total. The van der Waals surface area contributed by atoms with Crippen LogP contribution >= 0.6 is 11.3 Å². The van der Waals surface area contributed by atoms with Gasteiger partial charge in [0.15, 0.2) is 6.10 Å². The molecule has 1 amide bonds. The monoisotopic (exact) mass is 477 g/mol. The summed E-state index contributed by atoms with van der Waals surface area (Å²) in [5.74, 6) is 0.468. The number of thiophene rings is 1. The Morgan fingerprint density at radius 3 is 2.35 bits per heavy atom. The summed E-state index contributed by atoms with van der Waals surface area (Å²) in [7, 11) is 0. The van der Waals surface area contributed by atoms with Gasteiger partial charge < -0.3 is 14.0 Å². The molecule has 0 aliphatic carbocycles. The quantitative estimate of drug-likeness (QED) is 0.292. The number of anilines is 1. The number of hydrogen-bond acceptors (Lipinski definition) is 4. The van der Waals surface area contributed by atoms with Crippen molar-refractivity contribution in [3.63, 3.8) is 0 Å². The highest BCUT2D eigenvalue weighted by atomic mass is 32.1. The summed E-state index contributed by atoms with van der Waals surface area (Å²) in [6.45, 7) is 6.09. The van der Waals surface area contributed by atoms with Crippen LogP contribution < -0.4 is 4.90 Å². The molecule has 3 aliphatic rings. The van der Waals surface area contributed by atoms with E-state index >= 15 is 0 Å². The number of quaternary nitrogens is 1. The predicted molar refractivity (Wildman–Crippen MR) is 136 cm³/mol. The molecule has 3 aliphatic heterocycles. The van der Waals surface area contributed by atoms with E-state index in [0.717, 1.165) is 61.4 Å². The standard InChI is InChI=1S/C28H33N2O3S/c31-28(29(26-13-18-34-22-26)19-23-7-3-1-4-8-23)33-27-20-30(14-11-25(27)12-15-30)16-17-32-21-24-9-5-2-6-10-24/h1-10,13,18,22,25,27H,11-12,14-17,19-21H2/q+1/t25?,27-,30?/m0/s1. The van der Waals surface area contributed by atoms with Gasteiger partial charge in [-0.25, -0.2) is 4.79 Å². The summed E-state index contributed by atoms with van der Waals surface area (Å²) >= 11 is 1.60. The molecule has 1 aromatic heterocycles. The second-order valence-corrected chi connectivity index (χ2v) is 10.3. The van der Waals surface area contributed by atoms with Gasteiger partial charge in [-0.3, -0.25) is 4.90 Å². The summed E-state index contributed by atoms with van der Waals surface area (Å²) in [6.07, 6.45) is 1.97. The third-order valence-electron chi connectivity index (χ3n) is 7.34. The van der Waals surface area contributed by atoms with Crippen LogP contribution in [-0.2, 0) is 22.6 Å². The second kappa shape index (κ2) is 10.7. The summed E-state index contributed by atoms with van der Waals surface area (Å²) < 4.78 is 13.2. The van der Waals surface area contributed by atoms with Gasteiger partial charge in [0.1, 0.15) is 13.1 Å². The fourth-order valence-electron chi connectivity index (χ4n) is 5.32. The Hall–Kier alpha value is -2.67. The molecule has 2 bridgehead atoms. The van der Waals surface area contributed by atoms with E-state index in [9.17, 15) is 4.79 Å². The molecule has 0 radical (unpaired) electrons. The van der Waals surface area contributed by atoms with Crippen LogP contribution in [0.25, 0.3) is 0 Å². The third-order valence-corrected chi connectivity index (χ3v) is 8.01. The van der Waals surface area contributed by atoms with Crippen LogP contribution in [0.4, 0.5) is 10.5 Å². The summed E-state index contributed by atoms with van der Waals surface area (Å²) in [6, 6.07) is 22.4. The first kappa shape index (κ1) is 23.1. The van der Waals surface area contributed by atoms with Crippen LogP contribution in [0.2, 0.25) is 0 Å². The molecule has 2 aromatic carbocycles. The third kappa shape index (κ3) is 5.52. The lowest BCUT2D eigenvalue weighted by Gasteiger charge is -2.52. The highest BCUT2D eigenvalue weighted by Gasteiger charge is 2.47. The molecule has 178 valence electrons. The summed E-state index contributed by atoms with van der Waals surface area (Å²) in [5.41, 5.74) is 3.20. The molecule has 4 heterocycles. The highest BCUT2D eigenvalue weighted by Crippen LogP contribution is 2.36. The van der Waals surface area contributed by atoms with Gasteiger partial charge in [-0.2, -0.15) is 11.3 Å². The van der Waals surface area contributed by atoms with Crippen molar-refractivity contribution < 1.29 is 18.8 Å². The lowest BCUT2D eigenvalue weighted by molar-refractivity contribution is -0.946. The normalized spacial score (nSPS) is 23.5. The number of rotatable bonds is 9. The van der Waals surface area contributed by atoms with E-state index in [1.54, 1.807) is 16.2 Å². The molecule has 0 saturated carbocycles. The Labute approximate surface area is 206 Å². The van der Waals surface area contributed by atoms with Crippen molar-refractivity contribution in [2.75, 3.05) is 37.7 Å². The molecule has 6 heteroatoms. The first-order valence-corrected chi connectivity index (χ1v) is 13.2. The van der Waals surface area contributed by atoms with E-state index in [-0.39, 0.29) is 12.2 Å². The Balaban J connectivity index is 1.20. The lowest BCUT2D eigenvalue weighted by Crippen LogP contribution is -2.65. The summed E-state index contributed by atoms with van der Waals surface area (Å²) in [5, 5.41) is 4.02. The number of carbonyl (C=O) groups excluding carboxylic acids is 1. The predicted octanol–water partition coefficient (Wildman–Crippen LogP) is 5.72. The Bertz CT molecular complexity index is 1030. The summed E-state index contributed by atoms with van der Waals surface area (Å²) in [4.78, 5) is 15.2. The van der Waals surface area contributed by atoms with E-state index in [1.165, 1.54) is 5.56 Å². The fourth-order valence-corrected chi connectivity index (χ4v) is 5.96. The molecular formula is C28H33N2O3S+. The Morgan fingerprint density at radius 2 is 1.68 bits per heavy atom. The zero-order valence-electron chi connectivity index (χ0n) is 19.6. The van der Waals surface area contributed by atoms with E-state index in [2.05, 4.69) is 24.3 Å². The molecule has 0 spiro atoms. The minimum atomic E-state index is -0.237. The van der Waals surface area contributed by atoms with Gasteiger partial charge in [0.05, 0.1) is 38.5 Å². The van der Waals surface area contributed by atoms with Gasteiger partial charge in [-0.1, -0.05) is 60.7 Å². The maximum atomic E-state index is 13.4. The van der Waals surface area contributed by atoms with Crippen LogP contribution in [0.3, 0.4) is 0 Å². The van der Waals surface area contributed by atoms with Crippen molar-refractivity contribution in [1.29, 1.82) is 0 Å². The molecular weight excluding hydrogens is 444 g/mol.